The number of aromatic nitrogens is 3. The van der Waals surface area contributed by atoms with Crippen LogP contribution in [0.3, 0.4) is 0 Å². The summed E-state index contributed by atoms with van der Waals surface area (Å²) in [7, 11) is 1.97. The maximum absolute atomic E-state index is 5.41. The van der Waals surface area contributed by atoms with Crippen molar-refractivity contribution < 1.29 is 4.74 Å². The summed E-state index contributed by atoms with van der Waals surface area (Å²) in [4.78, 5) is 7.28. The van der Waals surface area contributed by atoms with Crippen LogP contribution in [0.4, 0.5) is 0 Å². The van der Waals surface area contributed by atoms with Crippen LogP contribution in [0.15, 0.2) is 4.99 Å². The molecule has 0 aromatic carbocycles. The summed E-state index contributed by atoms with van der Waals surface area (Å²) in [6.45, 7) is 13.8. The van der Waals surface area contributed by atoms with E-state index in [4.69, 9.17) is 9.73 Å². The van der Waals surface area contributed by atoms with E-state index in [1.165, 1.54) is 25.9 Å². The first-order valence-corrected chi connectivity index (χ1v) is 10.8. The third-order valence-corrected chi connectivity index (χ3v) is 5.34. The SMILES string of the molecule is CCOCCCNC(=NCc1nnc(C)n1C)NCCCN1CCC(C)CC1. The summed E-state index contributed by atoms with van der Waals surface area (Å²) in [5, 5.41) is 15.2. The van der Waals surface area contributed by atoms with Crippen molar-refractivity contribution in [2.45, 2.75) is 53.0 Å². The highest BCUT2D eigenvalue weighted by Gasteiger charge is 2.14. The fraction of sp³-hybridized carbons (Fsp3) is 0.850. The predicted octanol–water partition coefficient (Wildman–Crippen LogP) is 1.71. The van der Waals surface area contributed by atoms with Crippen molar-refractivity contribution in [3.05, 3.63) is 11.6 Å². The fourth-order valence-electron chi connectivity index (χ4n) is 3.23. The summed E-state index contributed by atoms with van der Waals surface area (Å²) in [5.74, 6) is 3.50. The third kappa shape index (κ3) is 8.14. The molecule has 0 bridgehead atoms. The van der Waals surface area contributed by atoms with Crippen molar-refractivity contribution >= 4 is 5.96 Å². The fourth-order valence-corrected chi connectivity index (χ4v) is 3.23. The highest BCUT2D eigenvalue weighted by Crippen LogP contribution is 2.15. The maximum Gasteiger partial charge on any atom is 0.191 e. The molecular weight excluding hydrogens is 354 g/mol. The van der Waals surface area contributed by atoms with E-state index in [0.29, 0.717) is 6.54 Å². The van der Waals surface area contributed by atoms with E-state index in [1.54, 1.807) is 0 Å². The van der Waals surface area contributed by atoms with Gasteiger partial charge in [-0.15, -0.1) is 10.2 Å². The number of nitrogens with one attached hydrogen (secondary N) is 2. The third-order valence-electron chi connectivity index (χ3n) is 5.34. The molecule has 0 radical (unpaired) electrons. The molecule has 1 saturated heterocycles. The van der Waals surface area contributed by atoms with Crippen molar-refractivity contribution in [3.8, 4) is 0 Å². The van der Waals surface area contributed by atoms with Crippen molar-refractivity contribution in [1.82, 2.24) is 30.3 Å². The molecule has 1 aliphatic heterocycles. The average Bonchev–Trinajstić information content (AvgIpc) is 3.02. The molecule has 0 spiro atoms. The Bertz CT molecular complexity index is 579. The molecule has 0 aliphatic carbocycles. The van der Waals surface area contributed by atoms with E-state index in [2.05, 4.69) is 32.7 Å². The lowest BCUT2D eigenvalue weighted by Crippen LogP contribution is -2.40. The minimum atomic E-state index is 0.516. The Hall–Kier alpha value is -1.67. The van der Waals surface area contributed by atoms with Gasteiger partial charge in [0.05, 0.1) is 0 Å². The predicted molar refractivity (Wildman–Crippen MR) is 113 cm³/mol. The Morgan fingerprint density at radius 2 is 1.89 bits per heavy atom. The van der Waals surface area contributed by atoms with Crippen LogP contribution in [0.5, 0.6) is 0 Å². The molecule has 1 aromatic heterocycles. The van der Waals surface area contributed by atoms with Gasteiger partial charge in [0.2, 0.25) is 0 Å². The van der Waals surface area contributed by atoms with Crippen molar-refractivity contribution in [1.29, 1.82) is 0 Å². The highest BCUT2D eigenvalue weighted by atomic mass is 16.5. The van der Waals surface area contributed by atoms with Crippen LogP contribution >= 0.6 is 0 Å². The van der Waals surface area contributed by atoms with Gasteiger partial charge in [0.15, 0.2) is 11.8 Å². The quantitative estimate of drug-likeness (QED) is 0.338. The molecule has 160 valence electrons. The Balaban J connectivity index is 1.76. The van der Waals surface area contributed by atoms with Crippen molar-refractivity contribution in [2.75, 3.05) is 45.9 Å². The first kappa shape index (κ1) is 22.6. The molecule has 8 nitrogen and oxygen atoms in total. The second-order valence-electron chi connectivity index (χ2n) is 7.67. The van der Waals surface area contributed by atoms with Gasteiger partial charge in [-0.1, -0.05) is 6.92 Å². The first-order chi connectivity index (χ1) is 13.6. The summed E-state index contributed by atoms with van der Waals surface area (Å²) >= 11 is 0. The van der Waals surface area contributed by atoms with Crippen LogP contribution in [0.25, 0.3) is 0 Å². The molecule has 2 heterocycles. The number of guanidine groups is 1. The molecule has 28 heavy (non-hydrogen) atoms. The lowest BCUT2D eigenvalue weighted by atomic mass is 9.99. The average molecular weight is 394 g/mol. The van der Waals surface area contributed by atoms with Crippen LogP contribution < -0.4 is 10.6 Å². The van der Waals surface area contributed by atoms with Gasteiger partial charge in [0.25, 0.3) is 0 Å². The topological polar surface area (TPSA) is 79.6 Å². The van der Waals surface area contributed by atoms with Gasteiger partial charge in [0, 0.05) is 33.4 Å². The van der Waals surface area contributed by atoms with Crippen LogP contribution in [-0.4, -0.2) is 71.6 Å². The lowest BCUT2D eigenvalue weighted by Gasteiger charge is -2.30. The van der Waals surface area contributed by atoms with Crippen LogP contribution in [-0.2, 0) is 18.3 Å². The molecule has 1 fully saturated rings. The molecule has 0 atom stereocenters. The van der Waals surface area contributed by atoms with E-state index in [9.17, 15) is 0 Å². The summed E-state index contributed by atoms with van der Waals surface area (Å²) in [6.07, 6.45) is 4.75. The molecule has 2 rings (SSSR count). The zero-order chi connectivity index (χ0) is 20.2. The number of aliphatic imine (C=N–C) groups is 1. The monoisotopic (exact) mass is 393 g/mol. The van der Waals surface area contributed by atoms with Crippen LogP contribution in [0.1, 0.15) is 51.2 Å². The van der Waals surface area contributed by atoms with Gasteiger partial charge >= 0.3 is 0 Å². The number of likely N-dealkylation sites (tertiary alicyclic amines) is 1. The van der Waals surface area contributed by atoms with Gasteiger partial charge < -0.3 is 24.8 Å². The van der Waals surface area contributed by atoms with Gasteiger partial charge in [0.1, 0.15) is 12.4 Å². The molecule has 2 N–H and O–H groups in total. The van der Waals surface area contributed by atoms with E-state index in [1.807, 2.05) is 25.5 Å². The number of nitrogens with zero attached hydrogens (tertiary/aromatic N) is 5. The molecule has 0 unspecified atom stereocenters. The number of hydrogen-bond acceptors (Lipinski definition) is 5. The molecule has 1 aromatic rings. The van der Waals surface area contributed by atoms with Crippen molar-refractivity contribution in [2.24, 2.45) is 18.0 Å². The number of piperidine rings is 1. The minimum Gasteiger partial charge on any atom is -0.382 e. The number of rotatable bonds is 11. The Morgan fingerprint density at radius 3 is 2.54 bits per heavy atom. The van der Waals surface area contributed by atoms with E-state index < -0.39 is 0 Å². The Kier molecular flexibility index (Phi) is 10.3. The summed E-state index contributed by atoms with van der Waals surface area (Å²) in [5.41, 5.74) is 0. The number of hydrogen-bond donors (Lipinski definition) is 2. The van der Waals surface area contributed by atoms with E-state index in [-0.39, 0.29) is 0 Å². The lowest BCUT2D eigenvalue weighted by molar-refractivity contribution is 0.145. The second kappa shape index (κ2) is 12.7. The van der Waals surface area contributed by atoms with Crippen LogP contribution in [0.2, 0.25) is 0 Å². The van der Waals surface area contributed by atoms with Gasteiger partial charge in [-0.2, -0.15) is 0 Å². The smallest absolute Gasteiger partial charge is 0.191 e. The van der Waals surface area contributed by atoms with E-state index in [0.717, 1.165) is 69.2 Å². The number of aryl methyl sites for hydroxylation is 1. The summed E-state index contributed by atoms with van der Waals surface area (Å²) in [6, 6.07) is 0. The molecule has 0 saturated carbocycles. The maximum atomic E-state index is 5.41. The number of ether oxygens (including phenoxy) is 1. The normalized spacial score (nSPS) is 16.5. The zero-order valence-corrected chi connectivity index (χ0v) is 18.2. The highest BCUT2D eigenvalue weighted by molar-refractivity contribution is 5.79. The molecular formula is C20H39N7O. The zero-order valence-electron chi connectivity index (χ0n) is 18.2. The Labute approximate surface area is 170 Å². The minimum absolute atomic E-state index is 0.516. The van der Waals surface area contributed by atoms with Crippen LogP contribution in [0, 0.1) is 12.8 Å². The van der Waals surface area contributed by atoms with Gasteiger partial charge in [-0.3, -0.25) is 0 Å². The second-order valence-corrected chi connectivity index (χ2v) is 7.67. The molecule has 1 aliphatic rings. The standard InChI is InChI=1S/C20H39N7O/c1-5-28-15-7-11-22-20(23-16-19-25-24-18(3)26(19)4)21-10-6-12-27-13-8-17(2)9-14-27/h17H,5-16H2,1-4H3,(H2,21,22,23). The molecule has 0 amide bonds. The Morgan fingerprint density at radius 1 is 1.18 bits per heavy atom. The first-order valence-electron chi connectivity index (χ1n) is 10.8. The molecule has 8 heteroatoms. The van der Waals surface area contributed by atoms with E-state index >= 15 is 0 Å². The van der Waals surface area contributed by atoms with Gasteiger partial charge in [-0.05, 0) is 65.1 Å². The largest absolute Gasteiger partial charge is 0.382 e. The van der Waals surface area contributed by atoms with Gasteiger partial charge in [-0.25, -0.2) is 4.99 Å². The van der Waals surface area contributed by atoms with Crippen molar-refractivity contribution in [3.63, 3.8) is 0 Å². The summed E-state index contributed by atoms with van der Waals surface area (Å²) < 4.78 is 7.39.